The third kappa shape index (κ3) is 6.16. The van der Waals surface area contributed by atoms with Gasteiger partial charge in [-0.15, -0.1) is 0 Å². The molecule has 0 radical (unpaired) electrons. The summed E-state index contributed by atoms with van der Waals surface area (Å²) in [5.74, 6) is -0.142. The minimum absolute atomic E-state index is 0.0205. The Hall–Kier alpha value is -4.24. The number of H-pyrrole nitrogens is 1. The van der Waals surface area contributed by atoms with E-state index in [1.54, 1.807) is 17.4 Å². The Labute approximate surface area is 249 Å². The number of hydrogen-bond acceptors (Lipinski definition) is 6. The van der Waals surface area contributed by atoms with Gasteiger partial charge in [0.15, 0.2) is 5.88 Å². The molecule has 3 aromatic carbocycles. The van der Waals surface area contributed by atoms with E-state index in [0.717, 1.165) is 67.0 Å². The standard InChI is InChI=1S/C34H34N4O3S/c1-2-29(24-6-4-3-5-7-24)36-33(39)25-10-13-30-28(20-25)31(34(40)37-30)32(26-14-19-42-22-26)35-27-11-8-23(9-12-27)21-38-15-17-41-18-16-38/h3-14,19-20,22,29,37,40H,2,15-18,21H2,1H3,(H,36,39)/t29-/m1/s1. The van der Waals surface area contributed by atoms with Crippen molar-refractivity contribution in [3.63, 3.8) is 0 Å². The second kappa shape index (κ2) is 12.7. The van der Waals surface area contributed by atoms with Crippen molar-refractivity contribution in [2.75, 3.05) is 26.3 Å². The normalized spacial score (nSPS) is 15.1. The molecule has 0 spiro atoms. The van der Waals surface area contributed by atoms with Gasteiger partial charge in [0.05, 0.1) is 36.2 Å². The Morgan fingerprint density at radius 2 is 1.83 bits per heavy atom. The third-order valence-electron chi connectivity index (χ3n) is 7.68. The smallest absolute Gasteiger partial charge is 0.251 e. The highest BCUT2D eigenvalue weighted by Gasteiger charge is 2.21. The molecule has 1 fully saturated rings. The number of rotatable bonds is 9. The lowest BCUT2D eigenvalue weighted by atomic mass is 10.0. The van der Waals surface area contributed by atoms with Crippen LogP contribution in [0, 0.1) is 0 Å². The van der Waals surface area contributed by atoms with Crippen LogP contribution < -0.4 is 5.32 Å². The Kier molecular flexibility index (Phi) is 8.46. The number of hydrogen-bond donors (Lipinski definition) is 3. The number of carbonyl (C=O) groups excluding carboxylic acids is 1. The number of aromatic hydroxyl groups is 1. The molecule has 6 rings (SSSR count). The molecule has 42 heavy (non-hydrogen) atoms. The van der Waals surface area contributed by atoms with Crippen LogP contribution in [0.5, 0.6) is 5.88 Å². The number of aliphatic imine (C=N–C) groups is 1. The van der Waals surface area contributed by atoms with Crippen LogP contribution in [-0.4, -0.2) is 52.9 Å². The Morgan fingerprint density at radius 3 is 2.55 bits per heavy atom. The number of aromatic nitrogens is 1. The minimum Gasteiger partial charge on any atom is -0.494 e. The van der Waals surface area contributed by atoms with Gasteiger partial charge in [0, 0.05) is 47.0 Å². The highest BCUT2D eigenvalue weighted by atomic mass is 32.1. The predicted octanol–water partition coefficient (Wildman–Crippen LogP) is 6.82. The van der Waals surface area contributed by atoms with Gasteiger partial charge < -0.3 is 20.1 Å². The highest BCUT2D eigenvalue weighted by Crippen LogP contribution is 2.33. The van der Waals surface area contributed by atoms with E-state index in [9.17, 15) is 9.90 Å². The van der Waals surface area contributed by atoms with Crippen LogP contribution in [0.15, 0.2) is 94.6 Å². The van der Waals surface area contributed by atoms with E-state index in [4.69, 9.17) is 9.73 Å². The van der Waals surface area contributed by atoms with Gasteiger partial charge >= 0.3 is 0 Å². The molecule has 0 bridgehead atoms. The summed E-state index contributed by atoms with van der Waals surface area (Å²) in [4.78, 5) is 23.9. The van der Waals surface area contributed by atoms with Crippen molar-refractivity contribution in [1.29, 1.82) is 0 Å². The van der Waals surface area contributed by atoms with E-state index in [1.165, 1.54) is 5.56 Å². The number of ether oxygens (including phenoxy) is 1. The lowest BCUT2D eigenvalue weighted by Gasteiger charge is -2.26. The summed E-state index contributed by atoms with van der Waals surface area (Å²) in [6, 6.07) is 25.6. The van der Waals surface area contributed by atoms with Crippen molar-refractivity contribution >= 4 is 39.5 Å². The maximum Gasteiger partial charge on any atom is 0.251 e. The number of carbonyl (C=O) groups is 1. The Balaban J connectivity index is 1.32. The predicted molar refractivity (Wildman–Crippen MR) is 169 cm³/mol. The molecule has 8 heteroatoms. The zero-order valence-electron chi connectivity index (χ0n) is 23.5. The number of aromatic amines is 1. The quantitative estimate of drug-likeness (QED) is 0.168. The van der Waals surface area contributed by atoms with Crippen LogP contribution in [0.25, 0.3) is 10.9 Å². The second-order valence-electron chi connectivity index (χ2n) is 10.5. The number of thiophene rings is 1. The molecule has 3 N–H and O–H groups in total. The summed E-state index contributed by atoms with van der Waals surface area (Å²) in [6.07, 6.45) is 0.772. The average Bonchev–Trinajstić information content (AvgIpc) is 3.68. The van der Waals surface area contributed by atoms with Crippen LogP contribution in [0.3, 0.4) is 0 Å². The number of nitrogens with one attached hydrogen (secondary N) is 2. The zero-order valence-corrected chi connectivity index (χ0v) is 24.4. The molecule has 3 heterocycles. The molecular formula is C34H34N4O3S. The highest BCUT2D eigenvalue weighted by molar-refractivity contribution is 7.08. The monoisotopic (exact) mass is 578 g/mol. The van der Waals surface area contributed by atoms with Crippen LogP contribution in [0.1, 0.15) is 52.0 Å². The second-order valence-corrected chi connectivity index (χ2v) is 11.3. The molecule has 0 unspecified atom stereocenters. The first-order valence-corrected chi connectivity index (χ1v) is 15.2. The first-order chi connectivity index (χ1) is 20.6. The fourth-order valence-electron chi connectivity index (χ4n) is 5.39. The largest absolute Gasteiger partial charge is 0.494 e. The SMILES string of the molecule is CC[C@@H](NC(=O)c1ccc2[nH]c(O)c(C(=Nc3ccc(CN4CCOCC4)cc3)c3ccsc3)c2c1)c1ccccc1. The Bertz CT molecular complexity index is 1670. The fraction of sp³-hybridized carbons (Fsp3) is 0.235. The van der Waals surface area contributed by atoms with Crippen LogP contribution in [0.4, 0.5) is 5.69 Å². The Morgan fingerprint density at radius 1 is 1.05 bits per heavy atom. The van der Waals surface area contributed by atoms with Gasteiger partial charge in [-0.05, 0) is 59.3 Å². The van der Waals surface area contributed by atoms with E-state index < -0.39 is 0 Å². The van der Waals surface area contributed by atoms with E-state index >= 15 is 0 Å². The summed E-state index contributed by atoms with van der Waals surface area (Å²) < 4.78 is 5.47. The molecule has 7 nitrogen and oxygen atoms in total. The molecule has 1 saturated heterocycles. The van der Waals surface area contributed by atoms with Gasteiger partial charge in [0.1, 0.15) is 0 Å². The van der Waals surface area contributed by atoms with Crippen molar-refractivity contribution in [3.05, 3.63) is 117 Å². The summed E-state index contributed by atoms with van der Waals surface area (Å²) in [6.45, 7) is 6.36. The summed E-state index contributed by atoms with van der Waals surface area (Å²) in [5, 5.41) is 19.0. The molecule has 1 atom stereocenters. The summed E-state index contributed by atoms with van der Waals surface area (Å²) in [7, 11) is 0. The maximum atomic E-state index is 13.4. The van der Waals surface area contributed by atoms with Crippen molar-refractivity contribution in [2.24, 2.45) is 4.99 Å². The lowest BCUT2D eigenvalue weighted by Crippen LogP contribution is -2.35. The number of amides is 1. The third-order valence-corrected chi connectivity index (χ3v) is 8.36. The van der Waals surface area contributed by atoms with Crippen LogP contribution in [0.2, 0.25) is 0 Å². The molecule has 1 aliphatic heterocycles. The fourth-order valence-corrected chi connectivity index (χ4v) is 6.03. The van der Waals surface area contributed by atoms with Crippen molar-refractivity contribution < 1.29 is 14.6 Å². The van der Waals surface area contributed by atoms with Gasteiger partial charge in [0.25, 0.3) is 5.91 Å². The van der Waals surface area contributed by atoms with Crippen molar-refractivity contribution in [1.82, 2.24) is 15.2 Å². The molecule has 2 aromatic heterocycles. The van der Waals surface area contributed by atoms with Crippen molar-refractivity contribution in [3.8, 4) is 5.88 Å². The summed E-state index contributed by atoms with van der Waals surface area (Å²) >= 11 is 1.57. The molecule has 214 valence electrons. The van der Waals surface area contributed by atoms with Gasteiger partial charge in [-0.3, -0.25) is 9.69 Å². The van der Waals surface area contributed by atoms with E-state index in [0.29, 0.717) is 16.8 Å². The summed E-state index contributed by atoms with van der Waals surface area (Å²) in [5.41, 5.74) is 6.46. The van der Waals surface area contributed by atoms with E-state index in [-0.39, 0.29) is 17.8 Å². The zero-order chi connectivity index (χ0) is 28.9. The lowest BCUT2D eigenvalue weighted by molar-refractivity contribution is 0.0342. The average molecular weight is 579 g/mol. The number of fused-ring (bicyclic) bond motifs is 1. The molecule has 1 aliphatic rings. The van der Waals surface area contributed by atoms with Crippen molar-refractivity contribution in [2.45, 2.75) is 25.9 Å². The van der Waals surface area contributed by atoms with Gasteiger partial charge in [-0.25, -0.2) is 4.99 Å². The minimum atomic E-state index is -0.163. The van der Waals surface area contributed by atoms with Crippen LogP contribution >= 0.6 is 11.3 Å². The molecular weight excluding hydrogens is 544 g/mol. The van der Waals surface area contributed by atoms with Gasteiger partial charge in [-0.2, -0.15) is 11.3 Å². The first-order valence-electron chi connectivity index (χ1n) is 14.3. The van der Waals surface area contributed by atoms with E-state index in [2.05, 4.69) is 34.3 Å². The maximum absolute atomic E-state index is 13.4. The number of nitrogens with zero attached hydrogens (tertiary/aromatic N) is 2. The molecule has 1 amide bonds. The van der Waals surface area contributed by atoms with Gasteiger partial charge in [0.2, 0.25) is 0 Å². The molecule has 5 aromatic rings. The van der Waals surface area contributed by atoms with E-state index in [1.807, 2.05) is 71.4 Å². The number of benzene rings is 3. The first kappa shape index (κ1) is 27.9. The van der Waals surface area contributed by atoms with Crippen LogP contribution in [-0.2, 0) is 11.3 Å². The molecule has 0 saturated carbocycles. The molecule has 0 aliphatic carbocycles. The van der Waals surface area contributed by atoms with Gasteiger partial charge in [-0.1, -0.05) is 49.4 Å². The topological polar surface area (TPSA) is 90.0 Å². The number of morpholine rings is 1.